The van der Waals surface area contributed by atoms with Crippen LogP contribution >= 0.6 is 34.5 Å². The highest BCUT2D eigenvalue weighted by Gasteiger charge is 2.51. The van der Waals surface area contributed by atoms with E-state index in [9.17, 15) is 22.8 Å². The summed E-state index contributed by atoms with van der Waals surface area (Å²) in [7, 11) is 0. The van der Waals surface area contributed by atoms with Gasteiger partial charge in [0.05, 0.1) is 32.6 Å². The maximum Gasteiger partial charge on any atom is 0.416 e. The molecule has 11 nitrogen and oxygen atoms in total. The number of aromatic nitrogens is 1. The number of piperazine rings is 1. The van der Waals surface area contributed by atoms with Crippen LogP contribution < -0.4 is 9.47 Å². The van der Waals surface area contributed by atoms with Gasteiger partial charge in [0, 0.05) is 37.4 Å². The van der Waals surface area contributed by atoms with E-state index in [-0.39, 0.29) is 61.6 Å². The van der Waals surface area contributed by atoms with E-state index < -0.39 is 53.1 Å². The molecule has 3 aliphatic rings. The number of ether oxygens (including phenoxy) is 4. The van der Waals surface area contributed by atoms with Crippen molar-refractivity contribution in [2.75, 3.05) is 26.3 Å². The fourth-order valence-corrected chi connectivity index (χ4v) is 8.86. The van der Waals surface area contributed by atoms with Crippen molar-refractivity contribution in [3.8, 4) is 10.9 Å². The zero-order valence-electron chi connectivity index (χ0n) is 34.3. The molecule has 1 saturated carbocycles. The number of benzene rings is 2. The van der Waals surface area contributed by atoms with Crippen molar-refractivity contribution in [2.45, 2.75) is 117 Å². The summed E-state index contributed by atoms with van der Waals surface area (Å²) >= 11 is 13.9. The molecule has 2 unspecified atom stereocenters. The number of amides is 3. The number of carbonyl (C=O) groups excluding carboxylic acids is 3. The van der Waals surface area contributed by atoms with Crippen molar-refractivity contribution in [1.82, 2.24) is 19.7 Å². The van der Waals surface area contributed by atoms with Gasteiger partial charge in [-0.25, -0.2) is 14.6 Å². The number of hydrogen-bond donors (Lipinski definition) is 0. The summed E-state index contributed by atoms with van der Waals surface area (Å²) < 4.78 is 65.5. The second-order valence-electron chi connectivity index (χ2n) is 17.0. The zero-order chi connectivity index (χ0) is 43.2. The summed E-state index contributed by atoms with van der Waals surface area (Å²) in [4.78, 5) is 52.7. The molecule has 3 heterocycles. The van der Waals surface area contributed by atoms with E-state index in [0.717, 1.165) is 11.6 Å². The molecule has 3 aromatic rings. The van der Waals surface area contributed by atoms with Crippen LogP contribution in [0.25, 0.3) is 5.57 Å². The highest BCUT2D eigenvalue weighted by molar-refractivity contribution is 7.14. The van der Waals surface area contributed by atoms with E-state index in [4.69, 9.17) is 42.1 Å². The molecule has 1 aliphatic carbocycles. The summed E-state index contributed by atoms with van der Waals surface area (Å²) in [6.07, 6.45) is -2.81. The van der Waals surface area contributed by atoms with Crippen LogP contribution in [0.5, 0.6) is 10.9 Å². The number of carbonyl (C=O) groups is 3. The van der Waals surface area contributed by atoms with Crippen LogP contribution in [0.3, 0.4) is 0 Å². The summed E-state index contributed by atoms with van der Waals surface area (Å²) in [5.74, 6) is -0.126. The predicted molar refractivity (Wildman–Crippen MR) is 219 cm³/mol. The molecule has 59 heavy (non-hydrogen) atoms. The molecule has 2 atom stereocenters. The van der Waals surface area contributed by atoms with Crippen molar-refractivity contribution in [3.63, 3.8) is 0 Å². The normalized spacial score (nSPS) is 18.5. The van der Waals surface area contributed by atoms with Crippen LogP contribution in [0, 0.1) is 13.8 Å². The summed E-state index contributed by atoms with van der Waals surface area (Å²) in [6, 6.07) is 5.56. The van der Waals surface area contributed by atoms with Gasteiger partial charge in [-0.05, 0) is 115 Å². The van der Waals surface area contributed by atoms with Gasteiger partial charge in [0.25, 0.3) is 11.1 Å². The van der Waals surface area contributed by atoms with Gasteiger partial charge >= 0.3 is 18.4 Å². The quantitative estimate of drug-likeness (QED) is 0.185. The lowest BCUT2D eigenvalue weighted by Gasteiger charge is -2.51. The Morgan fingerprint density at radius 3 is 2.15 bits per heavy atom. The Bertz CT molecular complexity index is 2100. The van der Waals surface area contributed by atoms with Crippen molar-refractivity contribution in [3.05, 3.63) is 79.3 Å². The monoisotopic (exact) mass is 880 g/mol. The number of nitrogens with zero attached hydrogens (tertiary/aromatic N) is 4. The Morgan fingerprint density at radius 1 is 0.915 bits per heavy atom. The molecule has 2 aromatic carbocycles. The third kappa shape index (κ3) is 10.6. The lowest BCUT2D eigenvalue weighted by Crippen LogP contribution is -2.66. The van der Waals surface area contributed by atoms with E-state index in [1.54, 1.807) is 70.8 Å². The molecule has 0 radical (unpaired) electrons. The minimum Gasteiger partial charge on any atom is -0.487 e. The van der Waals surface area contributed by atoms with Gasteiger partial charge in [0.15, 0.2) is 5.75 Å². The first-order chi connectivity index (χ1) is 27.5. The van der Waals surface area contributed by atoms with Crippen molar-refractivity contribution >= 4 is 58.2 Å². The number of halogens is 5. The average Bonchev–Trinajstić information content (AvgIpc) is 3.83. The molecular weight excluding hydrogens is 832 g/mol. The van der Waals surface area contributed by atoms with Crippen LogP contribution in [0.15, 0.2) is 42.1 Å². The summed E-state index contributed by atoms with van der Waals surface area (Å²) in [5.41, 5.74) is -0.389. The second kappa shape index (κ2) is 17.0. The van der Waals surface area contributed by atoms with Gasteiger partial charge in [-0.1, -0.05) is 46.7 Å². The van der Waals surface area contributed by atoms with Gasteiger partial charge in [-0.3, -0.25) is 9.69 Å². The van der Waals surface area contributed by atoms with E-state index >= 15 is 4.79 Å². The van der Waals surface area contributed by atoms with E-state index in [2.05, 4.69) is 4.98 Å². The first kappa shape index (κ1) is 44.3. The Hall–Kier alpha value is -4.21. The standard InChI is InChI=1S/C42H49Cl2F3N4O7S/c1-23-16-30(43)35(31(44)17-23)55-14-15-56-37-48-19-33(59-37)28-18-27-21-49(38(53)57-40(3,4)5)22-32(51(27)39(54)58-41(6,7)8)34(28)36(52)50(26-12-13-26)20-25-10-9-11-29(24(25)2)42(45,46)47/h9-11,16-17,19,26-27,32H,12-15,18,20-22H2,1-8H3. The summed E-state index contributed by atoms with van der Waals surface area (Å²) in [6.45, 7) is 13.8. The van der Waals surface area contributed by atoms with Crippen molar-refractivity contribution < 1.29 is 46.5 Å². The van der Waals surface area contributed by atoms with Gasteiger partial charge in [-0.15, -0.1) is 0 Å². The summed E-state index contributed by atoms with van der Waals surface area (Å²) in [5, 5.41) is 1.03. The molecule has 1 saturated heterocycles. The van der Waals surface area contributed by atoms with Crippen LogP contribution in [0.1, 0.15) is 87.9 Å². The fraction of sp³-hybridized carbons (Fsp3) is 0.524. The molecule has 6 rings (SSSR count). The molecule has 320 valence electrons. The van der Waals surface area contributed by atoms with Gasteiger partial charge in [-0.2, -0.15) is 13.2 Å². The predicted octanol–water partition coefficient (Wildman–Crippen LogP) is 10.1. The molecule has 2 aliphatic heterocycles. The molecule has 2 bridgehead atoms. The Labute approximate surface area is 356 Å². The Kier molecular flexibility index (Phi) is 12.8. The molecule has 3 amide bonds. The van der Waals surface area contributed by atoms with Crippen LogP contribution in [0.4, 0.5) is 22.8 Å². The van der Waals surface area contributed by atoms with Gasteiger partial charge < -0.3 is 28.7 Å². The average molecular weight is 882 g/mol. The topological polar surface area (TPSA) is 111 Å². The highest BCUT2D eigenvalue weighted by Crippen LogP contribution is 2.44. The lowest BCUT2D eigenvalue weighted by molar-refractivity contribution is -0.138. The van der Waals surface area contributed by atoms with Gasteiger partial charge in [0.2, 0.25) is 0 Å². The number of thiazole rings is 1. The molecule has 0 spiro atoms. The number of aryl methyl sites for hydroxylation is 1. The van der Waals surface area contributed by atoms with Crippen LogP contribution in [-0.2, 0) is 27.0 Å². The SMILES string of the molecule is Cc1cc(Cl)c(OCCOc2ncc(C3=C(C(=O)N(Cc4cccc(C(F)(F)F)c4C)C4CC4)C4CN(C(=O)OC(C)(C)C)CC(C3)N4C(=O)OC(C)(C)C)s2)c(Cl)c1. The van der Waals surface area contributed by atoms with Crippen LogP contribution in [-0.4, -0.2) is 93.4 Å². The molecule has 17 heteroatoms. The molecule has 2 fully saturated rings. The third-order valence-corrected chi connectivity index (χ3v) is 11.5. The van der Waals surface area contributed by atoms with Crippen molar-refractivity contribution in [2.24, 2.45) is 0 Å². The smallest absolute Gasteiger partial charge is 0.416 e. The number of alkyl halides is 3. The maximum atomic E-state index is 15.3. The fourth-order valence-electron chi connectivity index (χ4n) is 7.29. The number of rotatable bonds is 10. The second-order valence-corrected chi connectivity index (χ2v) is 18.8. The maximum absolute atomic E-state index is 15.3. The van der Waals surface area contributed by atoms with Crippen LogP contribution in [0.2, 0.25) is 10.0 Å². The first-order valence-electron chi connectivity index (χ1n) is 19.4. The molecule has 0 N–H and O–H groups in total. The molecular formula is C42H49Cl2F3N4O7S. The minimum atomic E-state index is -4.58. The van der Waals surface area contributed by atoms with E-state index in [0.29, 0.717) is 44.7 Å². The minimum absolute atomic E-state index is 0.0284. The third-order valence-electron chi connectivity index (χ3n) is 9.96. The highest BCUT2D eigenvalue weighted by atomic mass is 35.5. The Balaban J connectivity index is 1.39. The van der Waals surface area contributed by atoms with Crippen molar-refractivity contribution in [1.29, 1.82) is 0 Å². The Morgan fingerprint density at radius 2 is 1.54 bits per heavy atom. The molecule has 1 aromatic heterocycles. The number of fused-ring (bicyclic) bond motifs is 2. The zero-order valence-corrected chi connectivity index (χ0v) is 36.6. The van der Waals surface area contributed by atoms with E-state index in [1.165, 1.54) is 34.1 Å². The number of hydrogen-bond acceptors (Lipinski definition) is 9. The van der Waals surface area contributed by atoms with Gasteiger partial charge in [0.1, 0.15) is 24.4 Å². The first-order valence-corrected chi connectivity index (χ1v) is 20.9. The van der Waals surface area contributed by atoms with E-state index in [1.807, 2.05) is 6.92 Å². The lowest BCUT2D eigenvalue weighted by atomic mass is 9.83. The largest absolute Gasteiger partial charge is 0.487 e.